The Bertz CT molecular complexity index is 486. The Kier molecular flexibility index (Phi) is 5.88. The van der Waals surface area contributed by atoms with E-state index in [0.717, 1.165) is 0 Å². The molecule has 0 saturated carbocycles. The highest BCUT2D eigenvalue weighted by Gasteiger charge is 2.27. The number of nitrogens with zero attached hydrogens (tertiary/aromatic N) is 2. The molecule has 0 saturated heterocycles. The van der Waals surface area contributed by atoms with Crippen molar-refractivity contribution >= 4 is 17.3 Å². The first kappa shape index (κ1) is 15.9. The molecule has 0 aliphatic heterocycles. The normalized spacial score (nSPS) is 10.2. The predicted octanol–water partition coefficient (Wildman–Crippen LogP) is 0.0633. The fraction of sp³-hybridized carbons (Fsp3) is 0.417. The number of rotatable bonds is 7. The third-order valence-corrected chi connectivity index (χ3v) is 2.75. The second kappa shape index (κ2) is 7.41. The van der Waals surface area contributed by atoms with Crippen molar-refractivity contribution < 1.29 is 19.9 Å². The first-order valence-electron chi connectivity index (χ1n) is 6.03. The van der Waals surface area contributed by atoms with Gasteiger partial charge in [0.2, 0.25) is 0 Å². The highest BCUT2D eigenvalue weighted by Crippen LogP contribution is 2.29. The number of para-hydroxylation sites is 1. The number of aliphatic hydroxyl groups excluding tert-OH is 2. The largest absolute Gasteiger partial charge is 0.395 e. The Hall–Kier alpha value is -2.19. The van der Waals surface area contributed by atoms with Crippen LogP contribution in [-0.4, -0.2) is 59.3 Å². The maximum absolute atomic E-state index is 12.3. The van der Waals surface area contributed by atoms with Gasteiger partial charge >= 0.3 is 5.69 Å². The van der Waals surface area contributed by atoms with Gasteiger partial charge in [0.25, 0.3) is 5.91 Å². The number of anilines is 1. The van der Waals surface area contributed by atoms with Crippen LogP contribution in [-0.2, 0) is 0 Å². The fourth-order valence-electron chi connectivity index (χ4n) is 1.84. The zero-order chi connectivity index (χ0) is 15.1. The van der Waals surface area contributed by atoms with Crippen LogP contribution < -0.4 is 5.32 Å². The summed E-state index contributed by atoms with van der Waals surface area (Å²) >= 11 is 0. The van der Waals surface area contributed by atoms with Crippen LogP contribution in [0, 0.1) is 10.1 Å². The average molecular weight is 283 g/mol. The lowest BCUT2D eigenvalue weighted by molar-refractivity contribution is -0.384. The van der Waals surface area contributed by atoms with E-state index in [-0.39, 0.29) is 43.2 Å². The maximum atomic E-state index is 12.3. The van der Waals surface area contributed by atoms with Crippen LogP contribution >= 0.6 is 0 Å². The quantitative estimate of drug-likeness (QED) is 0.481. The Morgan fingerprint density at radius 3 is 2.40 bits per heavy atom. The Labute approximate surface area is 115 Å². The highest BCUT2D eigenvalue weighted by molar-refractivity contribution is 6.00. The zero-order valence-electron chi connectivity index (χ0n) is 11.1. The Morgan fingerprint density at radius 1 is 1.35 bits per heavy atom. The SMILES string of the molecule is CNc1cccc(C(=O)N(CCO)CCO)c1[N+](=O)[O-]. The standard InChI is InChI=1S/C12H17N3O5/c1-13-10-4-2-3-9(11(10)15(19)20)12(18)14(5-7-16)6-8-17/h2-4,13,16-17H,5-8H2,1H3. The van der Waals surface area contributed by atoms with E-state index in [9.17, 15) is 14.9 Å². The van der Waals surface area contributed by atoms with Gasteiger partial charge in [0.05, 0.1) is 18.1 Å². The molecular weight excluding hydrogens is 266 g/mol. The molecular formula is C12H17N3O5. The van der Waals surface area contributed by atoms with Crippen molar-refractivity contribution in [2.75, 3.05) is 38.7 Å². The van der Waals surface area contributed by atoms with E-state index >= 15 is 0 Å². The molecule has 1 aromatic carbocycles. The zero-order valence-corrected chi connectivity index (χ0v) is 11.1. The summed E-state index contributed by atoms with van der Waals surface area (Å²) in [6, 6.07) is 4.38. The lowest BCUT2D eigenvalue weighted by Crippen LogP contribution is -2.36. The molecule has 3 N–H and O–H groups in total. The van der Waals surface area contributed by atoms with E-state index in [1.54, 1.807) is 0 Å². The number of nitrogens with one attached hydrogen (secondary N) is 1. The first-order chi connectivity index (χ1) is 9.56. The number of carbonyl (C=O) groups excluding carboxylic acids is 1. The van der Waals surface area contributed by atoms with E-state index in [0.29, 0.717) is 0 Å². The van der Waals surface area contributed by atoms with Gasteiger partial charge < -0.3 is 20.4 Å². The van der Waals surface area contributed by atoms with Gasteiger partial charge in [-0.3, -0.25) is 14.9 Å². The van der Waals surface area contributed by atoms with Crippen molar-refractivity contribution in [1.29, 1.82) is 0 Å². The minimum atomic E-state index is -0.630. The molecule has 0 aromatic heterocycles. The predicted molar refractivity (Wildman–Crippen MR) is 72.7 cm³/mol. The summed E-state index contributed by atoms with van der Waals surface area (Å²) in [6.07, 6.45) is 0. The minimum Gasteiger partial charge on any atom is -0.395 e. The molecule has 0 fully saturated rings. The number of hydrogen-bond donors (Lipinski definition) is 3. The molecule has 0 unspecified atom stereocenters. The molecule has 110 valence electrons. The summed E-state index contributed by atoms with van der Waals surface area (Å²) in [5, 5.41) is 31.6. The third kappa shape index (κ3) is 3.43. The summed E-state index contributed by atoms with van der Waals surface area (Å²) in [5.74, 6) is -0.600. The van der Waals surface area contributed by atoms with Gasteiger partial charge in [-0.1, -0.05) is 6.07 Å². The van der Waals surface area contributed by atoms with E-state index in [1.807, 2.05) is 0 Å². The van der Waals surface area contributed by atoms with Crippen molar-refractivity contribution in [2.45, 2.75) is 0 Å². The number of nitro benzene ring substituents is 1. The van der Waals surface area contributed by atoms with Crippen molar-refractivity contribution in [3.63, 3.8) is 0 Å². The summed E-state index contributed by atoms with van der Waals surface area (Å²) in [6.45, 7) is -0.572. The van der Waals surface area contributed by atoms with Gasteiger partial charge in [-0.05, 0) is 12.1 Å². The second-order valence-corrected chi connectivity index (χ2v) is 3.95. The van der Waals surface area contributed by atoms with Gasteiger partial charge in [0, 0.05) is 20.1 Å². The number of aliphatic hydroxyl groups is 2. The van der Waals surface area contributed by atoms with Gasteiger partial charge in [0.1, 0.15) is 11.3 Å². The van der Waals surface area contributed by atoms with Crippen LogP contribution in [0.1, 0.15) is 10.4 Å². The van der Waals surface area contributed by atoms with Crippen LogP contribution in [0.2, 0.25) is 0 Å². The molecule has 0 radical (unpaired) electrons. The summed E-state index contributed by atoms with van der Waals surface area (Å²) in [5.41, 5.74) is -0.168. The van der Waals surface area contributed by atoms with Crippen LogP contribution in [0.25, 0.3) is 0 Å². The van der Waals surface area contributed by atoms with Crippen LogP contribution in [0.15, 0.2) is 18.2 Å². The number of carbonyl (C=O) groups is 1. The van der Waals surface area contributed by atoms with Crippen molar-refractivity contribution in [1.82, 2.24) is 4.90 Å². The lowest BCUT2D eigenvalue weighted by atomic mass is 10.1. The number of nitro groups is 1. The van der Waals surface area contributed by atoms with E-state index in [2.05, 4.69) is 5.32 Å². The monoisotopic (exact) mass is 283 g/mol. The third-order valence-electron chi connectivity index (χ3n) is 2.75. The molecule has 1 rings (SSSR count). The van der Waals surface area contributed by atoms with Crippen LogP contribution in [0.4, 0.5) is 11.4 Å². The Morgan fingerprint density at radius 2 is 1.95 bits per heavy atom. The van der Waals surface area contributed by atoms with Gasteiger partial charge in [0.15, 0.2) is 0 Å². The molecule has 0 spiro atoms. The average Bonchev–Trinajstić information content (AvgIpc) is 2.45. The minimum absolute atomic E-state index is 0.000326. The molecule has 8 heteroatoms. The van der Waals surface area contributed by atoms with E-state index in [1.165, 1.54) is 30.1 Å². The fourth-order valence-corrected chi connectivity index (χ4v) is 1.84. The highest BCUT2D eigenvalue weighted by atomic mass is 16.6. The first-order valence-corrected chi connectivity index (χ1v) is 6.03. The number of hydrogen-bond acceptors (Lipinski definition) is 6. The molecule has 0 atom stereocenters. The van der Waals surface area contributed by atoms with E-state index in [4.69, 9.17) is 10.2 Å². The smallest absolute Gasteiger partial charge is 0.305 e. The molecule has 8 nitrogen and oxygen atoms in total. The number of amides is 1. The van der Waals surface area contributed by atoms with Crippen molar-refractivity contribution in [3.8, 4) is 0 Å². The van der Waals surface area contributed by atoms with Crippen LogP contribution in [0.3, 0.4) is 0 Å². The molecule has 0 heterocycles. The van der Waals surface area contributed by atoms with Crippen LogP contribution in [0.5, 0.6) is 0 Å². The second-order valence-electron chi connectivity index (χ2n) is 3.95. The van der Waals surface area contributed by atoms with Crippen molar-refractivity contribution in [2.24, 2.45) is 0 Å². The van der Waals surface area contributed by atoms with Gasteiger partial charge in [-0.15, -0.1) is 0 Å². The molecule has 0 bridgehead atoms. The number of benzene rings is 1. The topological polar surface area (TPSA) is 116 Å². The van der Waals surface area contributed by atoms with E-state index < -0.39 is 10.8 Å². The summed E-state index contributed by atoms with van der Waals surface area (Å²) < 4.78 is 0. The van der Waals surface area contributed by atoms with Crippen molar-refractivity contribution in [3.05, 3.63) is 33.9 Å². The van der Waals surface area contributed by atoms with Gasteiger partial charge in [-0.25, -0.2) is 0 Å². The summed E-state index contributed by atoms with van der Waals surface area (Å²) in [7, 11) is 1.52. The summed E-state index contributed by atoms with van der Waals surface area (Å²) in [4.78, 5) is 24.0. The molecule has 20 heavy (non-hydrogen) atoms. The molecule has 0 aliphatic carbocycles. The maximum Gasteiger partial charge on any atom is 0.305 e. The molecule has 0 aliphatic rings. The molecule has 1 aromatic rings. The Balaban J connectivity index is 3.23. The lowest BCUT2D eigenvalue weighted by Gasteiger charge is -2.20. The van der Waals surface area contributed by atoms with Gasteiger partial charge in [-0.2, -0.15) is 0 Å². The molecule has 1 amide bonds.